The van der Waals surface area contributed by atoms with E-state index < -0.39 is 0 Å². The summed E-state index contributed by atoms with van der Waals surface area (Å²) >= 11 is 1.65. The second-order valence-electron chi connectivity index (χ2n) is 4.96. The molecule has 0 aliphatic carbocycles. The molecule has 2 aromatic heterocycles. The van der Waals surface area contributed by atoms with Crippen LogP contribution in [0.3, 0.4) is 0 Å². The van der Waals surface area contributed by atoms with Gasteiger partial charge in [-0.2, -0.15) is 0 Å². The molecule has 0 N–H and O–H groups in total. The number of thiazole rings is 1. The van der Waals surface area contributed by atoms with Crippen molar-refractivity contribution in [2.24, 2.45) is 4.99 Å². The highest BCUT2D eigenvalue weighted by molar-refractivity contribution is 7.07. The van der Waals surface area contributed by atoms with Crippen molar-refractivity contribution < 1.29 is 4.42 Å². The summed E-state index contributed by atoms with van der Waals surface area (Å²) < 4.78 is 7.82. The molecule has 1 atom stereocenters. The smallest absolute Gasteiger partial charge is 0.190 e. The van der Waals surface area contributed by atoms with Gasteiger partial charge in [-0.3, -0.25) is 0 Å². The molecule has 3 nitrogen and oxygen atoms in total. The van der Waals surface area contributed by atoms with Crippen LogP contribution in [-0.2, 0) is 0 Å². The molecule has 1 aromatic carbocycles. The third kappa shape index (κ3) is 2.85. The zero-order valence-electron chi connectivity index (χ0n) is 12.2. The van der Waals surface area contributed by atoms with Crippen LogP contribution in [0.1, 0.15) is 26.3 Å². The van der Waals surface area contributed by atoms with Crippen LogP contribution in [-0.4, -0.2) is 4.57 Å². The zero-order chi connectivity index (χ0) is 14.7. The molecule has 1 unspecified atom stereocenters. The van der Waals surface area contributed by atoms with E-state index in [1.165, 1.54) is 0 Å². The second-order valence-corrected chi connectivity index (χ2v) is 5.79. The Balaban J connectivity index is 2.16. The first-order chi connectivity index (χ1) is 10.3. The van der Waals surface area contributed by atoms with Crippen molar-refractivity contribution in [3.05, 3.63) is 58.9 Å². The number of hydrogen-bond acceptors (Lipinski definition) is 3. The molecule has 0 bridgehead atoms. The van der Waals surface area contributed by atoms with Gasteiger partial charge in [-0.1, -0.05) is 25.1 Å². The average molecular weight is 298 g/mol. The van der Waals surface area contributed by atoms with E-state index in [0.717, 1.165) is 28.4 Å². The lowest BCUT2D eigenvalue weighted by molar-refractivity contribution is 0.509. The van der Waals surface area contributed by atoms with Crippen LogP contribution in [0.25, 0.3) is 11.5 Å². The van der Waals surface area contributed by atoms with Crippen molar-refractivity contribution in [1.29, 1.82) is 0 Å². The summed E-state index contributed by atoms with van der Waals surface area (Å²) in [5.41, 5.74) is 2.07. The Kier molecular flexibility index (Phi) is 4.06. The van der Waals surface area contributed by atoms with Crippen molar-refractivity contribution in [2.75, 3.05) is 0 Å². The first kappa shape index (κ1) is 13.9. The molecule has 0 amide bonds. The van der Waals surface area contributed by atoms with Gasteiger partial charge in [0.2, 0.25) is 0 Å². The van der Waals surface area contributed by atoms with Crippen LogP contribution in [0.15, 0.2) is 63.5 Å². The number of furan rings is 1. The lowest BCUT2D eigenvalue weighted by atomic mass is 10.2. The van der Waals surface area contributed by atoms with Gasteiger partial charge in [-0.25, -0.2) is 4.99 Å². The van der Waals surface area contributed by atoms with Gasteiger partial charge in [0.15, 0.2) is 10.6 Å². The summed E-state index contributed by atoms with van der Waals surface area (Å²) in [6.07, 6.45) is 2.76. The first-order valence-electron chi connectivity index (χ1n) is 7.13. The molecule has 2 heterocycles. The summed E-state index contributed by atoms with van der Waals surface area (Å²) in [5, 5.41) is 2.12. The fourth-order valence-corrected chi connectivity index (χ4v) is 3.22. The molecule has 0 radical (unpaired) electrons. The molecule has 0 aliphatic rings. The van der Waals surface area contributed by atoms with Gasteiger partial charge in [0.05, 0.1) is 17.6 Å². The molecular weight excluding hydrogens is 280 g/mol. The number of rotatable bonds is 4. The van der Waals surface area contributed by atoms with Crippen LogP contribution in [0.4, 0.5) is 5.69 Å². The van der Waals surface area contributed by atoms with Crippen LogP contribution < -0.4 is 4.80 Å². The molecule has 21 heavy (non-hydrogen) atoms. The van der Waals surface area contributed by atoms with Crippen molar-refractivity contribution >= 4 is 17.0 Å². The highest BCUT2D eigenvalue weighted by atomic mass is 32.1. The molecule has 0 saturated carbocycles. The molecule has 3 rings (SSSR count). The SMILES string of the molecule is CCC(C)n1c(-c2ccco2)csc1=Nc1ccccc1. The molecule has 108 valence electrons. The van der Waals surface area contributed by atoms with Crippen LogP contribution in [0, 0.1) is 0 Å². The van der Waals surface area contributed by atoms with Gasteiger partial charge in [-0.15, -0.1) is 11.3 Å². The summed E-state index contributed by atoms with van der Waals surface area (Å²) in [6.45, 7) is 4.40. The predicted molar refractivity (Wildman–Crippen MR) is 86.7 cm³/mol. The minimum atomic E-state index is 0.374. The van der Waals surface area contributed by atoms with E-state index in [1.54, 1.807) is 17.6 Å². The fourth-order valence-electron chi connectivity index (χ4n) is 2.23. The van der Waals surface area contributed by atoms with Gasteiger partial charge in [0.1, 0.15) is 0 Å². The molecule has 0 aliphatic heterocycles. The minimum Gasteiger partial charge on any atom is -0.463 e. The summed E-state index contributed by atoms with van der Waals surface area (Å²) in [7, 11) is 0. The lowest BCUT2D eigenvalue weighted by Crippen LogP contribution is -2.19. The number of hydrogen-bond donors (Lipinski definition) is 0. The summed E-state index contributed by atoms with van der Waals surface area (Å²) in [6, 6.07) is 14.3. The molecule has 3 aromatic rings. The highest BCUT2D eigenvalue weighted by Gasteiger charge is 2.14. The third-order valence-corrected chi connectivity index (χ3v) is 4.37. The Hall–Kier alpha value is -2.07. The topological polar surface area (TPSA) is 30.4 Å². The molecule has 0 fully saturated rings. The van der Waals surface area contributed by atoms with Crippen molar-refractivity contribution in [3.63, 3.8) is 0 Å². The maximum atomic E-state index is 5.56. The summed E-state index contributed by atoms with van der Waals surface area (Å²) in [5.74, 6) is 0.890. The van der Waals surface area contributed by atoms with E-state index in [1.807, 2.05) is 42.5 Å². The number of nitrogens with zero attached hydrogens (tertiary/aromatic N) is 2. The first-order valence-corrected chi connectivity index (χ1v) is 8.01. The van der Waals surface area contributed by atoms with Gasteiger partial charge < -0.3 is 8.98 Å². The number of para-hydroxylation sites is 1. The van der Waals surface area contributed by atoms with Gasteiger partial charge in [0.25, 0.3) is 0 Å². The number of benzene rings is 1. The standard InChI is InChI=1S/C17H18N2OS/c1-3-13(2)19-15(16-10-7-11-20-16)12-21-17(19)18-14-8-5-4-6-9-14/h4-13H,3H2,1-2H3. The molecular formula is C17H18N2OS. The monoisotopic (exact) mass is 298 g/mol. The lowest BCUT2D eigenvalue weighted by Gasteiger charge is -2.14. The predicted octanol–water partition coefficient (Wildman–Crippen LogP) is 5.01. The van der Waals surface area contributed by atoms with Crippen molar-refractivity contribution in [3.8, 4) is 11.5 Å². The van der Waals surface area contributed by atoms with Crippen LogP contribution >= 0.6 is 11.3 Å². The van der Waals surface area contributed by atoms with E-state index >= 15 is 0 Å². The Bertz CT molecular complexity index is 754. The van der Waals surface area contributed by atoms with E-state index in [9.17, 15) is 0 Å². The van der Waals surface area contributed by atoms with Crippen LogP contribution in [0.5, 0.6) is 0 Å². The van der Waals surface area contributed by atoms with Crippen molar-refractivity contribution in [1.82, 2.24) is 4.57 Å². The number of aromatic nitrogens is 1. The third-order valence-electron chi connectivity index (χ3n) is 3.53. The van der Waals surface area contributed by atoms with E-state index in [-0.39, 0.29) is 0 Å². The summed E-state index contributed by atoms with van der Waals surface area (Å²) in [4.78, 5) is 5.78. The normalized spacial score (nSPS) is 13.5. The average Bonchev–Trinajstić information content (AvgIpc) is 3.16. The van der Waals surface area contributed by atoms with E-state index in [4.69, 9.17) is 9.41 Å². The maximum absolute atomic E-state index is 5.56. The zero-order valence-corrected chi connectivity index (χ0v) is 13.0. The Morgan fingerprint density at radius 3 is 2.67 bits per heavy atom. The maximum Gasteiger partial charge on any atom is 0.190 e. The molecule has 0 saturated heterocycles. The van der Waals surface area contributed by atoms with Gasteiger partial charge in [-0.05, 0) is 37.6 Å². The van der Waals surface area contributed by atoms with Gasteiger partial charge in [0, 0.05) is 11.4 Å². The highest BCUT2D eigenvalue weighted by Crippen LogP contribution is 2.25. The van der Waals surface area contributed by atoms with E-state index in [2.05, 4.69) is 23.8 Å². The Morgan fingerprint density at radius 1 is 1.19 bits per heavy atom. The molecule has 4 heteroatoms. The van der Waals surface area contributed by atoms with Crippen molar-refractivity contribution in [2.45, 2.75) is 26.3 Å². The van der Waals surface area contributed by atoms with Crippen LogP contribution in [0.2, 0.25) is 0 Å². The quantitative estimate of drug-likeness (QED) is 0.665. The minimum absolute atomic E-state index is 0.374. The van der Waals surface area contributed by atoms with Gasteiger partial charge >= 0.3 is 0 Å². The van der Waals surface area contributed by atoms with E-state index in [0.29, 0.717) is 6.04 Å². The fraction of sp³-hybridized carbons (Fsp3) is 0.235. The Labute approximate surface area is 128 Å². The molecule has 0 spiro atoms. The second kappa shape index (κ2) is 6.14. The largest absolute Gasteiger partial charge is 0.463 e. The Morgan fingerprint density at radius 2 is 2.00 bits per heavy atom.